The number of aromatic nitrogens is 2. The second-order valence-corrected chi connectivity index (χ2v) is 3.98. The molecule has 1 atom stereocenters. The lowest BCUT2D eigenvalue weighted by Crippen LogP contribution is -2.25. The van der Waals surface area contributed by atoms with Gasteiger partial charge in [-0.1, -0.05) is 31.9 Å². The van der Waals surface area contributed by atoms with E-state index in [0.717, 1.165) is 6.42 Å². The largest absolute Gasteiger partial charge is 0.297 e. The fourth-order valence-corrected chi connectivity index (χ4v) is 1.46. The Kier molecular flexibility index (Phi) is 3.69. The predicted octanol–water partition coefficient (Wildman–Crippen LogP) is 2.25. The summed E-state index contributed by atoms with van der Waals surface area (Å²) in [5.41, 5.74) is -0.0669. The first-order chi connectivity index (χ1) is 6.54. The third-order valence-corrected chi connectivity index (χ3v) is 2.55. The van der Waals surface area contributed by atoms with Gasteiger partial charge in [0.15, 0.2) is 0 Å². The van der Waals surface area contributed by atoms with Crippen molar-refractivity contribution in [3.05, 3.63) is 27.4 Å². The molecule has 3 nitrogen and oxygen atoms in total. The Bertz CT molecular complexity index is 373. The van der Waals surface area contributed by atoms with Crippen molar-refractivity contribution in [2.75, 3.05) is 0 Å². The van der Waals surface area contributed by atoms with Gasteiger partial charge in [0.1, 0.15) is 11.0 Å². The van der Waals surface area contributed by atoms with Gasteiger partial charge in [0, 0.05) is 12.6 Å². The van der Waals surface area contributed by atoms with E-state index in [4.69, 9.17) is 11.6 Å². The molecule has 0 aliphatic rings. The lowest BCUT2D eigenvalue weighted by molar-refractivity contribution is 0.448. The van der Waals surface area contributed by atoms with E-state index in [1.54, 1.807) is 11.5 Å². The molecule has 4 heteroatoms. The number of nitrogens with zero attached hydrogens (tertiary/aromatic N) is 2. The van der Waals surface area contributed by atoms with E-state index in [2.05, 4.69) is 18.8 Å². The molecule has 1 unspecified atom stereocenters. The van der Waals surface area contributed by atoms with Crippen molar-refractivity contribution in [1.29, 1.82) is 0 Å². The van der Waals surface area contributed by atoms with Crippen molar-refractivity contribution in [3.63, 3.8) is 0 Å². The molecular weight excluding hydrogens is 200 g/mol. The maximum absolute atomic E-state index is 11.6. The summed E-state index contributed by atoms with van der Waals surface area (Å²) in [6.45, 7) is 6.73. The third kappa shape index (κ3) is 2.58. The standard InChI is InChI=1S/C10H15ClN2O/c1-4-7(2)6-13-8(3)12-9(11)5-10(13)14/h5,7H,4,6H2,1-3H3. The van der Waals surface area contributed by atoms with Gasteiger partial charge in [-0.3, -0.25) is 9.36 Å². The van der Waals surface area contributed by atoms with Crippen LogP contribution >= 0.6 is 11.6 Å². The first kappa shape index (κ1) is 11.2. The van der Waals surface area contributed by atoms with Gasteiger partial charge in [0.2, 0.25) is 0 Å². The topological polar surface area (TPSA) is 34.9 Å². The average Bonchev–Trinajstić information content (AvgIpc) is 2.10. The number of rotatable bonds is 3. The van der Waals surface area contributed by atoms with Gasteiger partial charge < -0.3 is 0 Å². The van der Waals surface area contributed by atoms with Crippen LogP contribution in [0.2, 0.25) is 5.15 Å². The van der Waals surface area contributed by atoms with Crippen molar-refractivity contribution < 1.29 is 0 Å². The molecular formula is C10H15ClN2O. The van der Waals surface area contributed by atoms with Crippen LogP contribution in [0.25, 0.3) is 0 Å². The van der Waals surface area contributed by atoms with Gasteiger partial charge >= 0.3 is 0 Å². The van der Waals surface area contributed by atoms with Gasteiger partial charge in [-0.15, -0.1) is 0 Å². The minimum absolute atomic E-state index is 0.0669. The predicted molar refractivity (Wildman–Crippen MR) is 57.7 cm³/mol. The summed E-state index contributed by atoms with van der Waals surface area (Å²) in [4.78, 5) is 15.6. The Morgan fingerprint density at radius 1 is 1.64 bits per heavy atom. The minimum Gasteiger partial charge on any atom is -0.297 e. The molecule has 1 aromatic rings. The van der Waals surface area contributed by atoms with E-state index >= 15 is 0 Å². The van der Waals surface area contributed by atoms with Crippen LogP contribution in [0.15, 0.2) is 10.9 Å². The first-order valence-electron chi connectivity index (χ1n) is 4.78. The van der Waals surface area contributed by atoms with E-state index in [1.165, 1.54) is 6.07 Å². The number of hydrogen-bond acceptors (Lipinski definition) is 2. The van der Waals surface area contributed by atoms with Crippen molar-refractivity contribution in [2.45, 2.75) is 33.7 Å². The van der Waals surface area contributed by atoms with E-state index in [-0.39, 0.29) is 10.7 Å². The van der Waals surface area contributed by atoms with Crippen LogP contribution in [0.3, 0.4) is 0 Å². The van der Waals surface area contributed by atoms with Crippen LogP contribution < -0.4 is 5.56 Å². The Morgan fingerprint density at radius 3 is 2.79 bits per heavy atom. The number of halogens is 1. The van der Waals surface area contributed by atoms with E-state index in [0.29, 0.717) is 18.3 Å². The van der Waals surface area contributed by atoms with Crippen LogP contribution in [0.1, 0.15) is 26.1 Å². The van der Waals surface area contributed by atoms with E-state index in [1.807, 2.05) is 0 Å². The molecule has 0 bridgehead atoms. The SMILES string of the molecule is CCC(C)Cn1c(C)nc(Cl)cc1=O. The Balaban J connectivity index is 3.03. The van der Waals surface area contributed by atoms with Crippen molar-refractivity contribution in [3.8, 4) is 0 Å². The molecule has 1 rings (SSSR count). The summed E-state index contributed by atoms with van der Waals surface area (Å²) < 4.78 is 1.67. The highest BCUT2D eigenvalue weighted by Crippen LogP contribution is 2.06. The highest BCUT2D eigenvalue weighted by atomic mass is 35.5. The van der Waals surface area contributed by atoms with Crippen LogP contribution in [0, 0.1) is 12.8 Å². The fourth-order valence-electron chi connectivity index (χ4n) is 1.25. The molecule has 0 N–H and O–H groups in total. The molecule has 0 spiro atoms. The second-order valence-electron chi connectivity index (χ2n) is 3.59. The zero-order valence-corrected chi connectivity index (χ0v) is 9.51. The summed E-state index contributed by atoms with van der Waals surface area (Å²) in [6, 6.07) is 1.36. The molecule has 0 aliphatic carbocycles. The molecule has 0 amide bonds. The molecule has 78 valence electrons. The van der Waals surface area contributed by atoms with Crippen LogP contribution in [-0.2, 0) is 6.54 Å². The summed E-state index contributed by atoms with van der Waals surface area (Å²) >= 11 is 5.67. The van der Waals surface area contributed by atoms with Crippen molar-refractivity contribution in [1.82, 2.24) is 9.55 Å². The average molecular weight is 215 g/mol. The zero-order chi connectivity index (χ0) is 10.7. The van der Waals surface area contributed by atoms with Crippen molar-refractivity contribution >= 4 is 11.6 Å². The smallest absolute Gasteiger partial charge is 0.254 e. The van der Waals surface area contributed by atoms with Crippen LogP contribution in [-0.4, -0.2) is 9.55 Å². The number of hydrogen-bond donors (Lipinski definition) is 0. The maximum atomic E-state index is 11.6. The molecule has 0 saturated heterocycles. The molecule has 0 fully saturated rings. The molecule has 0 radical (unpaired) electrons. The molecule has 0 aromatic carbocycles. The summed E-state index contributed by atoms with van der Waals surface area (Å²) in [7, 11) is 0. The zero-order valence-electron chi connectivity index (χ0n) is 8.75. The lowest BCUT2D eigenvalue weighted by atomic mass is 10.1. The van der Waals surface area contributed by atoms with Gasteiger partial charge in [-0.05, 0) is 12.8 Å². The van der Waals surface area contributed by atoms with E-state index in [9.17, 15) is 4.79 Å². The minimum atomic E-state index is -0.0669. The summed E-state index contributed by atoms with van der Waals surface area (Å²) in [5.74, 6) is 1.16. The highest BCUT2D eigenvalue weighted by Gasteiger charge is 2.06. The summed E-state index contributed by atoms with van der Waals surface area (Å²) in [6.07, 6.45) is 1.05. The van der Waals surface area contributed by atoms with E-state index < -0.39 is 0 Å². The highest BCUT2D eigenvalue weighted by molar-refractivity contribution is 6.29. The summed E-state index contributed by atoms with van der Waals surface area (Å²) in [5, 5.41) is 0.271. The van der Waals surface area contributed by atoms with Gasteiger partial charge in [-0.25, -0.2) is 4.98 Å². The lowest BCUT2D eigenvalue weighted by Gasteiger charge is -2.13. The Hall–Kier alpha value is -0.830. The quantitative estimate of drug-likeness (QED) is 0.724. The molecule has 1 aromatic heterocycles. The molecule has 0 saturated carbocycles. The Labute approximate surface area is 88.7 Å². The number of aryl methyl sites for hydroxylation is 1. The molecule has 0 aliphatic heterocycles. The van der Waals surface area contributed by atoms with Gasteiger partial charge in [-0.2, -0.15) is 0 Å². The second kappa shape index (κ2) is 4.60. The van der Waals surface area contributed by atoms with Gasteiger partial charge in [0.05, 0.1) is 0 Å². The maximum Gasteiger partial charge on any atom is 0.254 e. The normalized spacial score (nSPS) is 12.9. The molecule has 14 heavy (non-hydrogen) atoms. The van der Waals surface area contributed by atoms with Crippen molar-refractivity contribution in [2.24, 2.45) is 5.92 Å². The van der Waals surface area contributed by atoms with Gasteiger partial charge in [0.25, 0.3) is 5.56 Å². The van der Waals surface area contributed by atoms with Crippen LogP contribution in [0.5, 0.6) is 0 Å². The van der Waals surface area contributed by atoms with Crippen LogP contribution in [0.4, 0.5) is 0 Å². The fraction of sp³-hybridized carbons (Fsp3) is 0.600. The monoisotopic (exact) mass is 214 g/mol. The third-order valence-electron chi connectivity index (χ3n) is 2.36. The first-order valence-corrected chi connectivity index (χ1v) is 5.16. The molecule has 1 heterocycles. The Morgan fingerprint density at radius 2 is 2.29 bits per heavy atom.